The number of amides is 1. The minimum Gasteiger partial charge on any atom is -0.356 e. The molecule has 1 N–H and O–H groups in total. The van der Waals surface area contributed by atoms with Gasteiger partial charge in [-0.2, -0.15) is 13.2 Å². The van der Waals surface area contributed by atoms with E-state index in [0.717, 1.165) is 31.8 Å². The average Bonchev–Trinajstić information content (AvgIpc) is 3.68. The highest BCUT2D eigenvalue weighted by Crippen LogP contribution is 2.46. The Kier molecular flexibility index (Phi) is 7.05. The van der Waals surface area contributed by atoms with Crippen LogP contribution in [-0.4, -0.2) is 69.2 Å². The number of aromatic nitrogens is 4. The molecule has 1 aliphatic carbocycles. The lowest BCUT2D eigenvalue weighted by atomic mass is 9.90. The normalized spacial score (nSPS) is 23.7. The molecule has 4 aliphatic rings. The lowest BCUT2D eigenvalue weighted by molar-refractivity contribution is -0.156. The SMILES string of the molecule is O=C1CC(C(F)(F)F)c2c(ncnc2N2CCC(c3nc(C4CCCC4)cn3CCN3CCCC3)CC2)N1. The first kappa shape index (κ1) is 25.6. The van der Waals surface area contributed by atoms with Gasteiger partial charge in [0, 0.05) is 50.6 Å². The third kappa shape index (κ3) is 5.13. The van der Waals surface area contributed by atoms with Crippen LogP contribution in [0, 0.1) is 0 Å². The van der Waals surface area contributed by atoms with E-state index >= 15 is 0 Å². The first-order chi connectivity index (χ1) is 18.4. The summed E-state index contributed by atoms with van der Waals surface area (Å²) in [7, 11) is 0. The fourth-order valence-electron chi connectivity index (χ4n) is 6.79. The lowest BCUT2D eigenvalue weighted by Crippen LogP contribution is -2.38. The Labute approximate surface area is 221 Å². The minimum atomic E-state index is -4.54. The average molecular weight is 532 g/mol. The molecule has 2 saturated heterocycles. The van der Waals surface area contributed by atoms with E-state index in [2.05, 4.69) is 30.9 Å². The minimum absolute atomic E-state index is 0.00585. The number of imidazole rings is 1. The lowest BCUT2D eigenvalue weighted by Gasteiger charge is -2.36. The summed E-state index contributed by atoms with van der Waals surface area (Å²) < 4.78 is 44.1. The van der Waals surface area contributed by atoms with Gasteiger partial charge in [0.1, 0.15) is 23.8 Å². The van der Waals surface area contributed by atoms with E-state index in [0.29, 0.717) is 24.8 Å². The number of alkyl halides is 3. The predicted molar refractivity (Wildman–Crippen MR) is 137 cm³/mol. The number of hydrogen-bond donors (Lipinski definition) is 1. The van der Waals surface area contributed by atoms with Crippen molar-refractivity contribution in [2.24, 2.45) is 0 Å². The maximum Gasteiger partial charge on any atom is 0.396 e. The Morgan fingerprint density at radius 1 is 0.921 bits per heavy atom. The van der Waals surface area contributed by atoms with E-state index in [4.69, 9.17) is 4.98 Å². The van der Waals surface area contributed by atoms with Crippen LogP contribution in [0.2, 0.25) is 0 Å². The van der Waals surface area contributed by atoms with Gasteiger partial charge in [-0.3, -0.25) is 4.79 Å². The van der Waals surface area contributed by atoms with Gasteiger partial charge in [0.25, 0.3) is 0 Å². The maximum absolute atomic E-state index is 13.9. The fourth-order valence-corrected chi connectivity index (χ4v) is 6.79. The van der Waals surface area contributed by atoms with E-state index in [1.54, 1.807) is 0 Å². The van der Waals surface area contributed by atoms with Crippen molar-refractivity contribution in [3.8, 4) is 0 Å². The summed E-state index contributed by atoms with van der Waals surface area (Å²) in [5.41, 5.74) is 1.21. The van der Waals surface area contributed by atoms with Crippen molar-refractivity contribution in [1.82, 2.24) is 24.4 Å². The molecule has 6 rings (SSSR count). The van der Waals surface area contributed by atoms with Crippen molar-refractivity contribution in [3.05, 3.63) is 29.6 Å². The zero-order valence-electron chi connectivity index (χ0n) is 21.7. The van der Waals surface area contributed by atoms with E-state index in [9.17, 15) is 18.0 Å². The summed E-state index contributed by atoms with van der Waals surface area (Å²) in [6.07, 6.45) is 7.44. The zero-order valence-corrected chi connectivity index (χ0v) is 21.7. The molecule has 3 aliphatic heterocycles. The van der Waals surface area contributed by atoms with Crippen LogP contribution in [0.4, 0.5) is 24.8 Å². The molecule has 1 atom stereocenters. The van der Waals surface area contributed by atoms with Gasteiger partial charge in [-0.25, -0.2) is 15.0 Å². The van der Waals surface area contributed by atoms with Gasteiger partial charge in [-0.05, 0) is 51.6 Å². The van der Waals surface area contributed by atoms with E-state index in [-0.39, 0.29) is 17.3 Å². The molecule has 2 aromatic rings. The molecule has 2 aromatic heterocycles. The Morgan fingerprint density at radius 3 is 2.37 bits per heavy atom. The van der Waals surface area contributed by atoms with Crippen molar-refractivity contribution in [3.63, 3.8) is 0 Å². The van der Waals surface area contributed by atoms with Gasteiger partial charge in [-0.1, -0.05) is 12.8 Å². The van der Waals surface area contributed by atoms with Gasteiger partial charge in [-0.15, -0.1) is 0 Å². The van der Waals surface area contributed by atoms with Crippen LogP contribution in [0.3, 0.4) is 0 Å². The molecule has 0 spiro atoms. The number of hydrogen-bond acceptors (Lipinski definition) is 6. The maximum atomic E-state index is 13.9. The third-order valence-corrected chi connectivity index (χ3v) is 8.87. The Bertz CT molecular complexity index is 1150. The molecular formula is C27H36F3N7O. The second-order valence-corrected chi connectivity index (χ2v) is 11.3. The number of anilines is 2. The first-order valence-corrected chi connectivity index (χ1v) is 14.1. The molecular weight excluding hydrogens is 495 g/mol. The number of halogens is 3. The van der Waals surface area contributed by atoms with Gasteiger partial charge in [0.15, 0.2) is 0 Å². The smallest absolute Gasteiger partial charge is 0.356 e. The third-order valence-electron chi connectivity index (χ3n) is 8.87. The molecule has 8 nitrogen and oxygen atoms in total. The van der Waals surface area contributed by atoms with Crippen LogP contribution < -0.4 is 10.2 Å². The van der Waals surface area contributed by atoms with Crippen molar-refractivity contribution in [2.45, 2.75) is 88.3 Å². The molecule has 1 amide bonds. The summed E-state index contributed by atoms with van der Waals surface area (Å²) in [4.78, 5) is 29.8. The summed E-state index contributed by atoms with van der Waals surface area (Å²) in [5, 5.41) is 2.52. The molecule has 5 heterocycles. The summed E-state index contributed by atoms with van der Waals surface area (Å²) in [6, 6.07) is 0. The fraction of sp³-hybridized carbons (Fsp3) is 0.704. The number of piperidine rings is 1. The van der Waals surface area contributed by atoms with E-state index in [1.807, 2.05) is 4.90 Å². The van der Waals surface area contributed by atoms with Crippen LogP contribution in [0.5, 0.6) is 0 Å². The van der Waals surface area contributed by atoms with Gasteiger partial charge >= 0.3 is 6.18 Å². The Balaban J connectivity index is 1.21. The first-order valence-electron chi connectivity index (χ1n) is 14.1. The van der Waals surface area contributed by atoms with E-state index in [1.165, 1.54) is 63.6 Å². The van der Waals surface area contributed by atoms with Crippen LogP contribution in [0.15, 0.2) is 12.5 Å². The van der Waals surface area contributed by atoms with E-state index < -0.39 is 24.4 Å². The second kappa shape index (κ2) is 10.5. The number of fused-ring (bicyclic) bond motifs is 1. The topological polar surface area (TPSA) is 79.2 Å². The highest BCUT2D eigenvalue weighted by molar-refractivity contribution is 5.94. The van der Waals surface area contributed by atoms with Crippen molar-refractivity contribution in [1.29, 1.82) is 0 Å². The number of carbonyl (C=O) groups excluding carboxylic acids is 1. The van der Waals surface area contributed by atoms with Gasteiger partial charge in [0.2, 0.25) is 5.91 Å². The molecule has 0 radical (unpaired) electrons. The van der Waals surface area contributed by atoms with Crippen LogP contribution in [-0.2, 0) is 11.3 Å². The number of nitrogens with zero attached hydrogens (tertiary/aromatic N) is 6. The Morgan fingerprint density at radius 2 is 1.66 bits per heavy atom. The summed E-state index contributed by atoms with van der Waals surface area (Å²) in [5.74, 6) is -0.342. The second-order valence-electron chi connectivity index (χ2n) is 11.3. The molecule has 11 heteroatoms. The van der Waals surface area contributed by atoms with Gasteiger partial charge in [0.05, 0.1) is 17.2 Å². The van der Waals surface area contributed by atoms with Crippen LogP contribution in [0.25, 0.3) is 0 Å². The van der Waals surface area contributed by atoms with Crippen LogP contribution in [0.1, 0.15) is 92.6 Å². The van der Waals surface area contributed by atoms with Crippen molar-refractivity contribution in [2.75, 3.05) is 42.9 Å². The van der Waals surface area contributed by atoms with Crippen molar-refractivity contribution < 1.29 is 18.0 Å². The highest BCUT2D eigenvalue weighted by Gasteiger charge is 2.48. The predicted octanol–water partition coefficient (Wildman–Crippen LogP) is 4.80. The number of rotatable bonds is 6. The number of nitrogens with one attached hydrogen (secondary N) is 1. The molecule has 1 unspecified atom stereocenters. The van der Waals surface area contributed by atoms with Gasteiger partial charge < -0.3 is 19.7 Å². The number of likely N-dealkylation sites (tertiary alicyclic amines) is 1. The Hall–Kier alpha value is -2.69. The zero-order chi connectivity index (χ0) is 26.3. The quantitative estimate of drug-likeness (QED) is 0.577. The molecule has 0 bridgehead atoms. The molecule has 3 fully saturated rings. The summed E-state index contributed by atoms with van der Waals surface area (Å²) >= 11 is 0. The number of carbonyl (C=O) groups is 1. The molecule has 38 heavy (non-hydrogen) atoms. The largest absolute Gasteiger partial charge is 0.396 e. The van der Waals surface area contributed by atoms with Crippen LogP contribution >= 0.6 is 0 Å². The molecule has 206 valence electrons. The highest BCUT2D eigenvalue weighted by atomic mass is 19.4. The summed E-state index contributed by atoms with van der Waals surface area (Å²) in [6.45, 7) is 5.47. The standard InChI is InChI=1S/C27H36F3N7O/c28-27(29,30)20-15-22(38)34-24-23(20)26(32-17-31-24)36-11-7-19(8-12-36)25-33-21(18-5-1-2-6-18)16-37(25)14-13-35-9-3-4-10-35/h16-20H,1-15H2,(H,31,32,34,38). The molecule has 1 saturated carbocycles. The molecule has 0 aromatic carbocycles. The monoisotopic (exact) mass is 531 g/mol. The van der Waals surface area contributed by atoms with Crippen molar-refractivity contribution >= 4 is 17.5 Å².